The van der Waals surface area contributed by atoms with E-state index < -0.39 is 0 Å². The Kier molecular flexibility index (Phi) is 15.4. The highest BCUT2D eigenvalue weighted by molar-refractivity contribution is 9.10. The summed E-state index contributed by atoms with van der Waals surface area (Å²) in [4.78, 5) is 0. The van der Waals surface area contributed by atoms with Crippen molar-refractivity contribution in [2.24, 2.45) is 0 Å². The second kappa shape index (κ2) is 21.8. The molecule has 10 heteroatoms. The molecule has 0 aromatic heterocycles. The van der Waals surface area contributed by atoms with Crippen LogP contribution in [0.5, 0.6) is 17.2 Å². The van der Waals surface area contributed by atoms with Crippen LogP contribution in [0.25, 0.3) is 43.1 Å². The van der Waals surface area contributed by atoms with Gasteiger partial charge in [-0.25, -0.2) is 0 Å². The van der Waals surface area contributed by atoms with Crippen LogP contribution in [0.4, 0.5) is 0 Å². The van der Waals surface area contributed by atoms with Gasteiger partial charge in [0.1, 0.15) is 30.5 Å². The van der Waals surface area contributed by atoms with Crippen molar-refractivity contribution in [2.75, 3.05) is 86.4 Å². The van der Waals surface area contributed by atoms with Crippen molar-refractivity contribution in [3.05, 3.63) is 136 Å². The first-order valence-electron chi connectivity index (χ1n) is 21.1. The molecule has 2 heterocycles. The van der Waals surface area contributed by atoms with Gasteiger partial charge in [-0.2, -0.15) is 0 Å². The summed E-state index contributed by atoms with van der Waals surface area (Å²) >= 11 is 3.63. The average Bonchev–Trinajstić information content (AvgIpc) is 3.29. The summed E-state index contributed by atoms with van der Waals surface area (Å²) in [6.07, 6.45) is 1.70. The second-order valence-electron chi connectivity index (χ2n) is 14.8. The van der Waals surface area contributed by atoms with Crippen molar-refractivity contribution in [1.82, 2.24) is 0 Å². The molecule has 6 bridgehead atoms. The molecule has 9 rings (SSSR count). The molecule has 0 atom stereocenters. The van der Waals surface area contributed by atoms with Crippen molar-refractivity contribution in [2.45, 2.75) is 26.1 Å². The molecule has 9 nitrogen and oxygen atoms in total. The molecule has 0 aliphatic carbocycles. The van der Waals surface area contributed by atoms with Crippen LogP contribution in [0.3, 0.4) is 0 Å². The van der Waals surface area contributed by atoms with Crippen LogP contribution in [0.2, 0.25) is 0 Å². The first kappa shape index (κ1) is 42.9. The van der Waals surface area contributed by atoms with Crippen molar-refractivity contribution >= 4 is 59.0 Å². The highest BCUT2D eigenvalue weighted by Gasteiger charge is 2.19. The van der Waals surface area contributed by atoms with Crippen LogP contribution in [-0.4, -0.2) is 86.4 Å². The summed E-state index contributed by atoms with van der Waals surface area (Å²) in [6, 6.07) is 38.4. The molecule has 0 saturated heterocycles. The smallest absolute Gasteiger partial charge is 0.135 e. The molecule has 0 amide bonds. The Labute approximate surface area is 365 Å². The van der Waals surface area contributed by atoms with Crippen LogP contribution in [-0.2, 0) is 54.5 Å². The molecule has 0 saturated carbocycles. The maximum Gasteiger partial charge on any atom is 0.135 e. The number of rotatable bonds is 1. The maximum atomic E-state index is 6.56. The molecule has 0 radical (unpaired) electrons. The summed E-state index contributed by atoms with van der Waals surface area (Å²) in [6.45, 7) is 6.11. The molecule has 0 unspecified atom stereocenters. The lowest BCUT2D eigenvalue weighted by molar-refractivity contribution is 0.00478. The SMILES string of the molecule is COc1c2cc(Br)cc1COCCOCCOCCOc1c3ccccc3c(c3ccccc13)CCc1c3ccccc3c(c3ccccc13)OCCOCCOCCOC2. The predicted molar refractivity (Wildman–Crippen MR) is 245 cm³/mol. The normalized spacial score (nSPS) is 16.5. The zero-order valence-corrected chi connectivity index (χ0v) is 36.3. The Morgan fingerprint density at radius 1 is 0.393 bits per heavy atom. The Bertz CT molecular complexity index is 2260. The molecule has 61 heavy (non-hydrogen) atoms. The number of benzene rings is 7. The summed E-state index contributed by atoms with van der Waals surface area (Å²) in [7, 11) is 1.66. The van der Waals surface area contributed by atoms with Crippen molar-refractivity contribution < 1.29 is 42.6 Å². The first-order chi connectivity index (χ1) is 30.2. The van der Waals surface area contributed by atoms with Gasteiger partial charge in [0, 0.05) is 37.1 Å². The van der Waals surface area contributed by atoms with Gasteiger partial charge < -0.3 is 42.6 Å². The summed E-state index contributed by atoms with van der Waals surface area (Å²) < 4.78 is 55.2. The van der Waals surface area contributed by atoms with Crippen LogP contribution in [0.15, 0.2) is 114 Å². The quantitative estimate of drug-likeness (QED) is 0.118. The van der Waals surface area contributed by atoms with Crippen molar-refractivity contribution in [1.29, 1.82) is 0 Å². The highest BCUT2D eigenvalue weighted by atomic mass is 79.9. The van der Waals surface area contributed by atoms with Gasteiger partial charge in [-0.1, -0.05) is 113 Å². The molecular weight excluding hydrogens is 836 g/mol. The molecule has 2 aliphatic heterocycles. The lowest BCUT2D eigenvalue weighted by Crippen LogP contribution is -2.13. The topological polar surface area (TPSA) is 83.1 Å². The van der Waals surface area contributed by atoms with E-state index in [0.717, 1.165) is 67.2 Å². The molecule has 0 fully saturated rings. The minimum absolute atomic E-state index is 0.380. The van der Waals surface area contributed by atoms with E-state index in [1.807, 2.05) is 12.1 Å². The van der Waals surface area contributed by atoms with E-state index >= 15 is 0 Å². The van der Waals surface area contributed by atoms with Gasteiger partial charge in [-0.3, -0.25) is 0 Å². The lowest BCUT2D eigenvalue weighted by Gasteiger charge is -2.20. The number of fused-ring (bicyclic) bond motifs is 22. The Morgan fingerprint density at radius 2 is 0.689 bits per heavy atom. The molecule has 0 N–H and O–H groups in total. The molecule has 0 spiro atoms. The fourth-order valence-electron chi connectivity index (χ4n) is 8.29. The van der Waals surface area contributed by atoms with Crippen LogP contribution < -0.4 is 14.2 Å². The second-order valence-corrected chi connectivity index (χ2v) is 15.7. The molecule has 7 aromatic rings. The fraction of sp³-hybridized carbons (Fsp3) is 0.333. The van der Waals surface area contributed by atoms with Gasteiger partial charge in [0.05, 0.1) is 86.4 Å². The summed E-state index contributed by atoms with van der Waals surface area (Å²) in [5.41, 5.74) is 4.48. The van der Waals surface area contributed by atoms with E-state index in [9.17, 15) is 0 Å². The third-order valence-electron chi connectivity index (χ3n) is 11.0. The zero-order valence-electron chi connectivity index (χ0n) is 34.8. The predicted octanol–water partition coefficient (Wildman–Crippen LogP) is 10.4. The summed E-state index contributed by atoms with van der Waals surface area (Å²) in [5, 5.41) is 9.21. The molecule has 2 aliphatic rings. The Balaban J connectivity index is 1.02. The first-order valence-corrected chi connectivity index (χ1v) is 21.9. The number of aryl methyl sites for hydroxylation is 2. The van der Waals surface area contributed by atoms with Gasteiger partial charge in [-0.15, -0.1) is 0 Å². The Hall–Kier alpha value is -4.78. The third-order valence-corrected chi connectivity index (χ3v) is 11.4. The largest absolute Gasteiger partial charge is 0.496 e. The van der Waals surface area contributed by atoms with E-state index in [4.69, 9.17) is 42.6 Å². The van der Waals surface area contributed by atoms with Gasteiger partial charge in [-0.05, 0) is 57.6 Å². The third kappa shape index (κ3) is 10.5. The van der Waals surface area contributed by atoms with E-state index in [-0.39, 0.29) is 0 Å². The maximum absolute atomic E-state index is 6.56. The number of halogens is 1. The number of methoxy groups -OCH3 is 1. The summed E-state index contributed by atoms with van der Waals surface area (Å²) in [5.74, 6) is 2.52. The van der Waals surface area contributed by atoms with Gasteiger partial charge in [0.2, 0.25) is 0 Å². The zero-order chi connectivity index (χ0) is 41.6. The number of hydrogen-bond donors (Lipinski definition) is 0. The monoisotopic (exact) mass is 888 g/mol. The molecular formula is C51H53BrO9. The number of hydrogen-bond acceptors (Lipinski definition) is 9. The minimum Gasteiger partial charge on any atom is -0.496 e. The number of ether oxygens (including phenoxy) is 9. The van der Waals surface area contributed by atoms with E-state index in [0.29, 0.717) is 92.5 Å². The molecule has 7 aromatic carbocycles. The van der Waals surface area contributed by atoms with Crippen LogP contribution in [0, 0.1) is 0 Å². The fourth-order valence-corrected chi connectivity index (χ4v) is 8.85. The molecule has 318 valence electrons. The minimum atomic E-state index is 0.380. The van der Waals surface area contributed by atoms with Crippen molar-refractivity contribution in [3.63, 3.8) is 0 Å². The van der Waals surface area contributed by atoms with Gasteiger partial charge in [0.25, 0.3) is 0 Å². The standard InChI is InChI=1S/C51H53BrO9/c1-53-49-36-32-38(52)33-37(49)35-59-27-25-55-21-23-57-29-31-61-51-47-16-8-4-12-41(47)44(42-13-5-9-17-48(42)51)19-18-43-39-10-2-6-14-45(39)50(46-15-7-3-11-40(43)46)60-30-28-56-22-20-54-24-26-58-34-36/h2-17,32-33H,18-31,34-35H2,1H3. The average molecular weight is 890 g/mol. The Morgan fingerprint density at radius 3 is 1.02 bits per heavy atom. The van der Waals surface area contributed by atoms with E-state index in [1.54, 1.807) is 7.11 Å². The van der Waals surface area contributed by atoms with Gasteiger partial charge in [0.15, 0.2) is 0 Å². The van der Waals surface area contributed by atoms with Crippen molar-refractivity contribution in [3.8, 4) is 17.2 Å². The van der Waals surface area contributed by atoms with E-state index in [2.05, 4.69) is 113 Å². The lowest BCUT2D eigenvalue weighted by atomic mass is 9.88. The van der Waals surface area contributed by atoms with Crippen LogP contribution >= 0.6 is 15.9 Å². The van der Waals surface area contributed by atoms with E-state index in [1.165, 1.54) is 32.7 Å². The highest BCUT2D eigenvalue weighted by Crippen LogP contribution is 2.42. The van der Waals surface area contributed by atoms with Crippen LogP contribution in [0.1, 0.15) is 22.3 Å². The van der Waals surface area contributed by atoms with Gasteiger partial charge >= 0.3 is 0 Å².